The van der Waals surface area contributed by atoms with Gasteiger partial charge in [-0.2, -0.15) is 0 Å². The van der Waals surface area contributed by atoms with E-state index in [0.29, 0.717) is 12.4 Å². The number of benzene rings is 1. The summed E-state index contributed by atoms with van der Waals surface area (Å²) in [5.74, 6) is 0.530. The average molecular weight is 424 g/mol. The fourth-order valence-electron chi connectivity index (χ4n) is 4.12. The lowest BCUT2D eigenvalue weighted by Crippen LogP contribution is -2.28. The van der Waals surface area contributed by atoms with Gasteiger partial charge in [-0.1, -0.05) is 0 Å². The first kappa shape index (κ1) is 18.2. The number of H-pyrrole nitrogens is 1. The highest BCUT2D eigenvalue weighted by Gasteiger charge is 2.34. The Hall–Kier alpha value is -2.83. The van der Waals surface area contributed by atoms with E-state index in [2.05, 4.69) is 9.97 Å². The third-order valence-electron chi connectivity index (χ3n) is 5.47. The Morgan fingerprint density at radius 2 is 2.38 bits per heavy atom. The number of carbonyl (C=O) groups is 1. The highest BCUT2D eigenvalue weighted by atomic mass is 35.5. The monoisotopic (exact) mass is 423 g/mol. The number of thiophene rings is 1. The fourth-order valence-corrected chi connectivity index (χ4v) is 5.35. The Morgan fingerprint density at radius 1 is 1.52 bits per heavy atom. The van der Waals surface area contributed by atoms with E-state index in [0.717, 1.165) is 43.5 Å². The Bertz CT molecular complexity index is 1290. The number of aromatic hydroxyl groups is 1. The molecule has 1 aromatic carbocycles. The van der Waals surface area contributed by atoms with Gasteiger partial charge in [0.25, 0.3) is 5.91 Å². The van der Waals surface area contributed by atoms with Crippen molar-refractivity contribution >= 4 is 61.7 Å². The summed E-state index contributed by atoms with van der Waals surface area (Å²) in [6, 6.07) is 5.53. The van der Waals surface area contributed by atoms with E-state index in [9.17, 15) is 9.90 Å². The van der Waals surface area contributed by atoms with Gasteiger partial charge in [-0.15, -0.1) is 22.9 Å². The van der Waals surface area contributed by atoms with Crippen molar-refractivity contribution in [2.24, 2.45) is 0 Å². The number of nitrogens with zero attached hydrogens (tertiary/aromatic N) is 2. The molecule has 5 nitrogen and oxygen atoms in total. The molecule has 5 rings (SSSR count). The van der Waals surface area contributed by atoms with Gasteiger partial charge in [-0.3, -0.25) is 4.79 Å². The number of phenolic OH excluding ortho intramolecular Hbond substituents is 1. The van der Waals surface area contributed by atoms with Crippen LogP contribution < -0.4 is 4.90 Å². The van der Waals surface area contributed by atoms with Crippen molar-refractivity contribution in [1.82, 2.24) is 9.97 Å². The highest BCUT2D eigenvalue weighted by Crippen LogP contribution is 2.48. The largest absolute Gasteiger partial charge is 0.506 e. The van der Waals surface area contributed by atoms with Gasteiger partial charge < -0.3 is 15.0 Å². The van der Waals surface area contributed by atoms with Crippen molar-refractivity contribution in [3.05, 3.63) is 58.7 Å². The van der Waals surface area contributed by atoms with Gasteiger partial charge in [-0.25, -0.2) is 4.98 Å². The number of alkyl halides is 1. The maximum atomic E-state index is 13.1. The van der Waals surface area contributed by atoms with Gasteiger partial charge in [0, 0.05) is 59.2 Å². The van der Waals surface area contributed by atoms with E-state index < -0.39 is 0 Å². The first-order valence-electron chi connectivity index (χ1n) is 9.29. The van der Waals surface area contributed by atoms with E-state index in [4.69, 9.17) is 11.6 Å². The van der Waals surface area contributed by atoms with Crippen molar-refractivity contribution < 1.29 is 9.90 Å². The van der Waals surface area contributed by atoms with Gasteiger partial charge in [0.1, 0.15) is 11.4 Å². The van der Waals surface area contributed by atoms with Crippen LogP contribution in [0.4, 0.5) is 5.69 Å². The maximum Gasteiger partial charge on any atom is 0.251 e. The van der Waals surface area contributed by atoms with Crippen LogP contribution in [-0.2, 0) is 4.79 Å². The third kappa shape index (κ3) is 2.82. The molecule has 1 unspecified atom stereocenters. The maximum absolute atomic E-state index is 13.1. The summed E-state index contributed by atoms with van der Waals surface area (Å²) in [6.45, 7) is 2.53. The number of hydrogen-bond donors (Lipinski definition) is 2. The molecule has 0 radical (unpaired) electrons. The van der Waals surface area contributed by atoms with Gasteiger partial charge in [0.2, 0.25) is 0 Å². The number of nitrogens with one attached hydrogen (secondary N) is 1. The molecule has 0 fully saturated rings. The Balaban J connectivity index is 1.54. The second-order valence-electron chi connectivity index (χ2n) is 7.23. The number of amides is 1. The van der Waals surface area contributed by atoms with E-state index in [-0.39, 0.29) is 17.6 Å². The molecule has 1 atom stereocenters. The second-order valence-corrected chi connectivity index (χ2v) is 8.42. The van der Waals surface area contributed by atoms with Crippen LogP contribution in [0.15, 0.2) is 42.0 Å². The number of phenols is 1. The van der Waals surface area contributed by atoms with Crippen LogP contribution >= 0.6 is 22.9 Å². The van der Waals surface area contributed by atoms with E-state index in [1.807, 2.05) is 30.6 Å². The molecule has 1 aliphatic heterocycles. The number of aromatic amines is 1. The van der Waals surface area contributed by atoms with E-state index in [1.165, 1.54) is 11.3 Å². The zero-order valence-corrected chi connectivity index (χ0v) is 17.2. The number of aromatic nitrogens is 2. The molecule has 7 heteroatoms. The molecule has 1 aliphatic rings. The summed E-state index contributed by atoms with van der Waals surface area (Å²) in [5.41, 5.74) is 4.60. The van der Waals surface area contributed by atoms with E-state index in [1.54, 1.807) is 29.3 Å². The molecule has 2 N–H and O–H groups in total. The lowest BCUT2D eigenvalue weighted by molar-refractivity contribution is -0.114. The average Bonchev–Trinajstić information content (AvgIpc) is 3.41. The second kappa shape index (κ2) is 6.90. The normalized spacial score (nSPS) is 16.3. The van der Waals surface area contributed by atoms with Crippen LogP contribution in [-0.4, -0.2) is 33.4 Å². The molecule has 0 aliphatic carbocycles. The standard InChI is InChI=1S/C22H18ClN3O2S/c1-12-11-29-21-17(27)7-16-20(19(12)21)14(8-23)10-26(16)18(28)5-4-13-9-25-22-15(13)3-2-6-24-22/h2-7,9,11,14,27H,8,10H2,1H3,(H,24,25)/b5-4+. The molecule has 3 aromatic heterocycles. The molecular formula is C22H18ClN3O2S. The molecule has 29 heavy (non-hydrogen) atoms. The number of aryl methyl sites for hydroxylation is 1. The minimum atomic E-state index is -0.135. The summed E-state index contributed by atoms with van der Waals surface area (Å²) in [5, 5.41) is 14.5. The van der Waals surface area contributed by atoms with Crippen LogP contribution in [0.25, 0.3) is 27.2 Å². The van der Waals surface area contributed by atoms with Crippen molar-refractivity contribution in [2.45, 2.75) is 12.8 Å². The molecule has 1 amide bonds. The minimum absolute atomic E-state index is 0.0395. The van der Waals surface area contributed by atoms with Gasteiger partial charge in [0.15, 0.2) is 0 Å². The van der Waals surface area contributed by atoms with Crippen LogP contribution in [0, 0.1) is 6.92 Å². The number of fused-ring (bicyclic) bond motifs is 4. The van der Waals surface area contributed by atoms with E-state index >= 15 is 0 Å². The number of hydrogen-bond acceptors (Lipinski definition) is 4. The molecule has 0 spiro atoms. The third-order valence-corrected chi connectivity index (χ3v) is 6.96. The van der Waals surface area contributed by atoms with Crippen LogP contribution in [0.3, 0.4) is 0 Å². The molecule has 0 saturated carbocycles. The van der Waals surface area contributed by atoms with Gasteiger partial charge in [0.05, 0.1) is 10.4 Å². The van der Waals surface area contributed by atoms with Gasteiger partial charge in [-0.05, 0) is 41.6 Å². The first-order chi connectivity index (χ1) is 14.1. The Kier molecular flexibility index (Phi) is 4.33. The number of rotatable bonds is 3. The molecule has 0 bridgehead atoms. The Labute approximate surface area is 176 Å². The highest BCUT2D eigenvalue weighted by molar-refractivity contribution is 7.17. The van der Waals surface area contributed by atoms with Crippen LogP contribution in [0.2, 0.25) is 0 Å². The van der Waals surface area contributed by atoms with Crippen molar-refractivity contribution in [3.63, 3.8) is 0 Å². The predicted molar refractivity (Wildman–Crippen MR) is 119 cm³/mol. The predicted octanol–water partition coefficient (Wildman–Crippen LogP) is 5.17. The topological polar surface area (TPSA) is 69.2 Å². The molecular weight excluding hydrogens is 406 g/mol. The molecule has 4 aromatic rings. The summed E-state index contributed by atoms with van der Waals surface area (Å²) in [4.78, 5) is 22.2. The number of halogens is 1. The lowest BCUT2D eigenvalue weighted by Gasteiger charge is -2.16. The summed E-state index contributed by atoms with van der Waals surface area (Å²) < 4.78 is 0.854. The van der Waals surface area contributed by atoms with Crippen molar-refractivity contribution in [1.29, 1.82) is 0 Å². The zero-order chi connectivity index (χ0) is 20.1. The SMILES string of the molecule is Cc1csc2c(O)cc3c(c12)C(CCl)CN3C(=O)/C=C/c1c[nH]c2ncccc12. The fraction of sp³-hybridized carbons (Fsp3) is 0.182. The summed E-state index contributed by atoms with van der Waals surface area (Å²) >= 11 is 7.78. The van der Waals surface area contributed by atoms with Crippen LogP contribution in [0.1, 0.15) is 22.6 Å². The first-order valence-corrected chi connectivity index (χ1v) is 10.7. The minimum Gasteiger partial charge on any atom is -0.506 e. The van der Waals surface area contributed by atoms with Gasteiger partial charge >= 0.3 is 0 Å². The quantitative estimate of drug-likeness (QED) is 0.352. The van der Waals surface area contributed by atoms with Crippen molar-refractivity contribution in [2.75, 3.05) is 17.3 Å². The Morgan fingerprint density at radius 3 is 3.21 bits per heavy atom. The number of carbonyl (C=O) groups excluding carboxylic acids is 1. The summed E-state index contributed by atoms with van der Waals surface area (Å²) in [7, 11) is 0. The summed E-state index contributed by atoms with van der Waals surface area (Å²) in [6.07, 6.45) is 6.93. The molecule has 146 valence electrons. The van der Waals surface area contributed by atoms with Crippen LogP contribution in [0.5, 0.6) is 5.75 Å². The lowest BCUT2D eigenvalue weighted by atomic mass is 9.97. The van der Waals surface area contributed by atoms with Crippen molar-refractivity contribution in [3.8, 4) is 5.75 Å². The number of pyridine rings is 1. The zero-order valence-electron chi connectivity index (χ0n) is 15.6. The smallest absolute Gasteiger partial charge is 0.251 e. The number of anilines is 1. The molecule has 0 saturated heterocycles. The molecule has 4 heterocycles.